The van der Waals surface area contributed by atoms with E-state index in [4.69, 9.17) is 0 Å². The third-order valence-corrected chi connectivity index (χ3v) is 3.25. The lowest BCUT2D eigenvalue weighted by Crippen LogP contribution is -2.24. The van der Waals surface area contributed by atoms with E-state index in [2.05, 4.69) is 11.4 Å². The average molecular weight is 271 g/mol. The summed E-state index contributed by atoms with van der Waals surface area (Å²) in [7, 11) is 0. The smallest absolute Gasteiger partial charge is 0.224 e. The third kappa shape index (κ3) is 3.92. The lowest BCUT2D eigenvalue weighted by Gasteiger charge is -2.09. The number of carbonyl (C=O) groups excluding carboxylic acids is 1. The van der Waals surface area contributed by atoms with Crippen molar-refractivity contribution in [2.75, 3.05) is 0 Å². The van der Waals surface area contributed by atoms with Crippen LogP contribution < -0.4 is 5.32 Å². The first kappa shape index (κ1) is 14.3. The number of benzene rings is 2. The Morgan fingerprint density at radius 1 is 1.10 bits per heavy atom. The Morgan fingerprint density at radius 2 is 1.80 bits per heavy atom. The molecule has 0 aliphatic heterocycles. The molecule has 0 atom stereocenters. The van der Waals surface area contributed by atoms with Crippen LogP contribution >= 0.6 is 0 Å². The summed E-state index contributed by atoms with van der Waals surface area (Å²) in [5.41, 5.74) is 4.31. The van der Waals surface area contributed by atoms with E-state index in [1.807, 2.05) is 26.0 Å². The van der Waals surface area contributed by atoms with Gasteiger partial charge in [-0.25, -0.2) is 4.39 Å². The molecule has 2 aromatic rings. The van der Waals surface area contributed by atoms with Crippen LogP contribution in [-0.4, -0.2) is 5.91 Å². The number of aryl methyl sites for hydroxylation is 2. The minimum absolute atomic E-state index is 0.0587. The molecule has 1 amide bonds. The van der Waals surface area contributed by atoms with Crippen LogP contribution in [0.4, 0.5) is 4.39 Å². The van der Waals surface area contributed by atoms with Gasteiger partial charge in [0.15, 0.2) is 0 Å². The van der Waals surface area contributed by atoms with Crippen LogP contribution in [0.3, 0.4) is 0 Å². The molecule has 0 aliphatic carbocycles. The number of nitrogens with one attached hydrogen (secondary N) is 1. The summed E-state index contributed by atoms with van der Waals surface area (Å²) in [6.07, 6.45) is 0.269. The van der Waals surface area contributed by atoms with Gasteiger partial charge in [0.2, 0.25) is 5.91 Å². The van der Waals surface area contributed by atoms with Gasteiger partial charge < -0.3 is 5.32 Å². The first-order chi connectivity index (χ1) is 9.54. The summed E-state index contributed by atoms with van der Waals surface area (Å²) >= 11 is 0. The Hall–Kier alpha value is -2.16. The Labute approximate surface area is 118 Å². The van der Waals surface area contributed by atoms with Gasteiger partial charge in [0.1, 0.15) is 5.82 Å². The molecule has 0 heterocycles. The molecule has 104 valence electrons. The maximum atomic E-state index is 12.8. The van der Waals surface area contributed by atoms with E-state index in [-0.39, 0.29) is 18.1 Å². The van der Waals surface area contributed by atoms with Gasteiger partial charge in [-0.2, -0.15) is 0 Å². The van der Waals surface area contributed by atoms with Crippen molar-refractivity contribution in [1.82, 2.24) is 5.32 Å². The van der Waals surface area contributed by atoms with Crippen molar-refractivity contribution >= 4 is 5.91 Å². The number of amides is 1. The predicted molar refractivity (Wildman–Crippen MR) is 77.9 cm³/mol. The monoisotopic (exact) mass is 271 g/mol. The second-order valence-electron chi connectivity index (χ2n) is 5.01. The molecule has 0 saturated carbocycles. The normalized spacial score (nSPS) is 10.3. The van der Waals surface area contributed by atoms with E-state index in [0.717, 1.165) is 11.1 Å². The zero-order valence-electron chi connectivity index (χ0n) is 11.7. The molecule has 0 radical (unpaired) electrons. The van der Waals surface area contributed by atoms with Crippen molar-refractivity contribution in [3.63, 3.8) is 0 Å². The van der Waals surface area contributed by atoms with Crippen LogP contribution in [0.2, 0.25) is 0 Å². The lowest BCUT2D eigenvalue weighted by molar-refractivity contribution is -0.120. The molecule has 2 aromatic carbocycles. The number of halogens is 1. The molecule has 0 unspecified atom stereocenters. The number of rotatable bonds is 4. The topological polar surface area (TPSA) is 29.1 Å². The van der Waals surface area contributed by atoms with E-state index < -0.39 is 0 Å². The Balaban J connectivity index is 1.90. The average Bonchev–Trinajstić information content (AvgIpc) is 2.40. The molecule has 0 aromatic heterocycles. The quantitative estimate of drug-likeness (QED) is 0.908. The fourth-order valence-corrected chi connectivity index (χ4v) is 2.09. The summed E-state index contributed by atoms with van der Waals surface area (Å²) < 4.78 is 12.8. The summed E-state index contributed by atoms with van der Waals surface area (Å²) in [6, 6.07) is 12.2. The maximum Gasteiger partial charge on any atom is 0.224 e. The standard InChI is InChI=1S/C17H18FNO/c1-12-3-6-15(13(2)9-12)11-19-17(20)10-14-4-7-16(18)8-5-14/h3-9H,10-11H2,1-2H3,(H,19,20). The van der Waals surface area contributed by atoms with Gasteiger partial charge in [0, 0.05) is 6.54 Å². The second kappa shape index (κ2) is 6.33. The van der Waals surface area contributed by atoms with Gasteiger partial charge in [-0.3, -0.25) is 4.79 Å². The van der Waals surface area contributed by atoms with Crippen molar-refractivity contribution in [1.29, 1.82) is 0 Å². The number of hydrogen-bond donors (Lipinski definition) is 1. The van der Waals surface area contributed by atoms with Gasteiger partial charge in [0.25, 0.3) is 0 Å². The van der Waals surface area contributed by atoms with E-state index in [1.165, 1.54) is 23.3 Å². The van der Waals surface area contributed by atoms with Crippen LogP contribution in [0, 0.1) is 19.7 Å². The van der Waals surface area contributed by atoms with Crippen LogP contribution in [0.25, 0.3) is 0 Å². The van der Waals surface area contributed by atoms with Crippen LogP contribution in [0.15, 0.2) is 42.5 Å². The predicted octanol–water partition coefficient (Wildman–Crippen LogP) is 3.30. The molecule has 0 spiro atoms. The third-order valence-electron chi connectivity index (χ3n) is 3.25. The SMILES string of the molecule is Cc1ccc(CNC(=O)Cc2ccc(F)cc2)c(C)c1. The van der Waals surface area contributed by atoms with E-state index in [1.54, 1.807) is 12.1 Å². The summed E-state index contributed by atoms with van der Waals surface area (Å²) in [4.78, 5) is 11.8. The minimum atomic E-state index is -0.288. The van der Waals surface area contributed by atoms with E-state index >= 15 is 0 Å². The molecule has 2 rings (SSSR count). The summed E-state index contributed by atoms with van der Waals surface area (Å²) in [5, 5.41) is 2.89. The lowest BCUT2D eigenvalue weighted by atomic mass is 10.1. The maximum absolute atomic E-state index is 12.8. The van der Waals surface area contributed by atoms with Gasteiger partial charge in [-0.15, -0.1) is 0 Å². The van der Waals surface area contributed by atoms with E-state index in [0.29, 0.717) is 6.54 Å². The van der Waals surface area contributed by atoms with Gasteiger partial charge in [0.05, 0.1) is 6.42 Å². The molecule has 20 heavy (non-hydrogen) atoms. The van der Waals surface area contributed by atoms with Gasteiger partial charge in [-0.05, 0) is 42.7 Å². The Bertz CT molecular complexity index is 605. The highest BCUT2D eigenvalue weighted by Crippen LogP contribution is 2.10. The summed E-state index contributed by atoms with van der Waals surface area (Å²) in [5.74, 6) is -0.346. The van der Waals surface area contributed by atoms with E-state index in [9.17, 15) is 9.18 Å². The van der Waals surface area contributed by atoms with Gasteiger partial charge >= 0.3 is 0 Å². The minimum Gasteiger partial charge on any atom is -0.352 e. The van der Waals surface area contributed by atoms with Gasteiger partial charge in [-0.1, -0.05) is 35.9 Å². The Morgan fingerprint density at radius 3 is 2.45 bits per heavy atom. The first-order valence-corrected chi connectivity index (χ1v) is 6.62. The van der Waals surface area contributed by atoms with Crippen molar-refractivity contribution < 1.29 is 9.18 Å². The molecular formula is C17H18FNO. The number of hydrogen-bond acceptors (Lipinski definition) is 1. The molecule has 0 saturated heterocycles. The molecule has 2 nitrogen and oxygen atoms in total. The first-order valence-electron chi connectivity index (χ1n) is 6.62. The molecule has 0 fully saturated rings. The van der Waals surface area contributed by atoms with Crippen LogP contribution in [-0.2, 0) is 17.8 Å². The largest absolute Gasteiger partial charge is 0.352 e. The molecular weight excluding hydrogens is 253 g/mol. The molecule has 0 aliphatic rings. The van der Waals surface area contributed by atoms with Crippen LogP contribution in [0.5, 0.6) is 0 Å². The zero-order valence-corrected chi connectivity index (χ0v) is 11.7. The highest BCUT2D eigenvalue weighted by atomic mass is 19.1. The number of carbonyl (C=O) groups is 1. The summed E-state index contributed by atoms with van der Waals surface area (Å²) in [6.45, 7) is 4.60. The highest BCUT2D eigenvalue weighted by molar-refractivity contribution is 5.78. The highest BCUT2D eigenvalue weighted by Gasteiger charge is 2.05. The molecule has 3 heteroatoms. The van der Waals surface area contributed by atoms with Crippen molar-refractivity contribution in [3.05, 3.63) is 70.5 Å². The van der Waals surface area contributed by atoms with Crippen molar-refractivity contribution in [3.8, 4) is 0 Å². The second-order valence-corrected chi connectivity index (χ2v) is 5.01. The fraction of sp³-hybridized carbons (Fsp3) is 0.235. The van der Waals surface area contributed by atoms with Crippen molar-refractivity contribution in [2.24, 2.45) is 0 Å². The molecule has 1 N–H and O–H groups in total. The van der Waals surface area contributed by atoms with Crippen molar-refractivity contribution in [2.45, 2.75) is 26.8 Å². The van der Waals surface area contributed by atoms with Crippen LogP contribution in [0.1, 0.15) is 22.3 Å². The molecule has 0 bridgehead atoms. The Kier molecular flexibility index (Phi) is 4.51. The fourth-order valence-electron chi connectivity index (χ4n) is 2.09. The zero-order chi connectivity index (χ0) is 14.5.